The summed E-state index contributed by atoms with van der Waals surface area (Å²) >= 11 is 1.73. The molecule has 0 saturated carbocycles. The molecule has 2 aromatic heterocycles. The van der Waals surface area contributed by atoms with Crippen molar-refractivity contribution in [1.82, 2.24) is 10.3 Å². The molecule has 0 aliphatic heterocycles. The Balaban J connectivity index is 1.61. The molecule has 0 aliphatic carbocycles. The number of methoxy groups -OCH3 is 1. The molecule has 3 aromatic rings. The Morgan fingerprint density at radius 1 is 1.22 bits per heavy atom. The van der Waals surface area contributed by atoms with Crippen molar-refractivity contribution >= 4 is 33.4 Å². The molecule has 170 valence electrons. The Labute approximate surface area is 195 Å². The van der Waals surface area contributed by atoms with E-state index < -0.39 is 0 Å². The van der Waals surface area contributed by atoms with Crippen molar-refractivity contribution in [2.75, 3.05) is 7.11 Å². The van der Waals surface area contributed by atoms with Crippen LogP contribution in [0.15, 0.2) is 48.8 Å². The third kappa shape index (κ3) is 6.92. The number of ether oxygens (including phenoxy) is 1. The van der Waals surface area contributed by atoms with Crippen molar-refractivity contribution < 1.29 is 9.53 Å². The van der Waals surface area contributed by atoms with Gasteiger partial charge in [-0.3, -0.25) is 9.78 Å². The first-order valence-corrected chi connectivity index (χ1v) is 12.4. The summed E-state index contributed by atoms with van der Waals surface area (Å²) < 4.78 is 6.60. The van der Waals surface area contributed by atoms with Crippen molar-refractivity contribution in [3.63, 3.8) is 0 Å². The number of aryl methyl sites for hydroxylation is 2. The SMILES string of the molecule is CCCCCc1c(/C=C/C(=O)N[C@H](C)CCCc2cccnc2)sc2cc(OC)ccc12. The summed E-state index contributed by atoms with van der Waals surface area (Å²) in [7, 11) is 1.69. The fourth-order valence-corrected chi connectivity index (χ4v) is 5.08. The fourth-order valence-electron chi connectivity index (χ4n) is 3.89. The summed E-state index contributed by atoms with van der Waals surface area (Å²) in [6.07, 6.45) is 14.9. The number of hydrogen-bond donors (Lipinski definition) is 1. The number of carbonyl (C=O) groups is 1. The minimum absolute atomic E-state index is 0.0339. The minimum atomic E-state index is -0.0339. The van der Waals surface area contributed by atoms with Crippen molar-refractivity contribution in [2.45, 2.75) is 64.8 Å². The van der Waals surface area contributed by atoms with Crippen molar-refractivity contribution in [2.24, 2.45) is 0 Å². The van der Waals surface area contributed by atoms with E-state index in [1.165, 1.54) is 38.9 Å². The normalized spacial score (nSPS) is 12.3. The molecule has 1 aromatic carbocycles. The molecule has 4 nitrogen and oxygen atoms in total. The molecule has 1 amide bonds. The standard InChI is InChI=1S/C27H34N2O2S/c1-4-5-6-12-23-24-14-13-22(31-3)18-26(24)32-25(23)15-16-27(30)29-20(2)9-7-10-21-11-8-17-28-19-21/h8,11,13-20H,4-7,9-10,12H2,1-3H3,(H,29,30)/b16-15+/t20-/m1/s1. The largest absolute Gasteiger partial charge is 0.497 e. The van der Waals surface area contributed by atoms with Crippen molar-refractivity contribution in [3.05, 3.63) is 64.8 Å². The van der Waals surface area contributed by atoms with Gasteiger partial charge in [-0.1, -0.05) is 25.8 Å². The second-order valence-corrected chi connectivity index (χ2v) is 9.34. The van der Waals surface area contributed by atoms with Gasteiger partial charge in [0.2, 0.25) is 5.91 Å². The zero-order chi connectivity index (χ0) is 22.8. The lowest BCUT2D eigenvalue weighted by atomic mass is 10.0. The van der Waals surface area contributed by atoms with E-state index in [1.54, 1.807) is 30.7 Å². The van der Waals surface area contributed by atoms with Crippen LogP contribution in [0.2, 0.25) is 0 Å². The third-order valence-electron chi connectivity index (χ3n) is 5.66. The quantitative estimate of drug-likeness (QED) is 0.250. The molecule has 0 radical (unpaired) electrons. The number of nitrogens with one attached hydrogen (secondary N) is 1. The molecule has 32 heavy (non-hydrogen) atoms. The van der Waals surface area contributed by atoms with Crippen LogP contribution in [-0.4, -0.2) is 24.0 Å². The molecular weight excluding hydrogens is 416 g/mol. The molecule has 0 spiro atoms. The average molecular weight is 451 g/mol. The van der Waals surface area contributed by atoms with E-state index in [9.17, 15) is 4.79 Å². The molecule has 0 fully saturated rings. The van der Waals surface area contributed by atoms with Gasteiger partial charge in [-0.25, -0.2) is 0 Å². The van der Waals surface area contributed by atoms with Crippen LogP contribution in [0.1, 0.15) is 62.0 Å². The summed E-state index contributed by atoms with van der Waals surface area (Å²) in [5.41, 5.74) is 2.58. The lowest BCUT2D eigenvalue weighted by molar-refractivity contribution is -0.117. The lowest BCUT2D eigenvalue weighted by Gasteiger charge is -2.12. The number of thiophene rings is 1. The Morgan fingerprint density at radius 2 is 2.09 bits per heavy atom. The number of nitrogens with zero attached hydrogens (tertiary/aromatic N) is 1. The van der Waals surface area contributed by atoms with Gasteiger partial charge >= 0.3 is 0 Å². The first kappa shape index (κ1) is 24.0. The number of unbranched alkanes of at least 4 members (excludes halogenated alkanes) is 2. The van der Waals surface area contributed by atoms with Crippen LogP contribution in [-0.2, 0) is 17.6 Å². The number of hydrogen-bond acceptors (Lipinski definition) is 4. The number of fused-ring (bicyclic) bond motifs is 1. The molecule has 3 rings (SSSR count). The number of rotatable bonds is 12. The van der Waals surface area contributed by atoms with Gasteiger partial charge in [-0.2, -0.15) is 0 Å². The topological polar surface area (TPSA) is 51.2 Å². The maximum atomic E-state index is 12.5. The van der Waals surface area contributed by atoms with E-state index in [2.05, 4.69) is 42.3 Å². The number of pyridine rings is 1. The van der Waals surface area contributed by atoms with Gasteiger partial charge < -0.3 is 10.1 Å². The Bertz CT molecular complexity index is 1030. The van der Waals surface area contributed by atoms with E-state index in [0.29, 0.717) is 0 Å². The van der Waals surface area contributed by atoms with Crippen LogP contribution >= 0.6 is 11.3 Å². The predicted octanol–water partition coefficient (Wildman–Crippen LogP) is 6.58. The highest BCUT2D eigenvalue weighted by Gasteiger charge is 2.12. The Kier molecular flexibility index (Phi) is 9.29. The maximum absolute atomic E-state index is 12.5. The molecular formula is C27H34N2O2S. The van der Waals surface area contributed by atoms with Crippen LogP contribution in [0.4, 0.5) is 0 Å². The highest BCUT2D eigenvalue weighted by atomic mass is 32.1. The second kappa shape index (κ2) is 12.4. The van der Waals surface area contributed by atoms with Gasteiger partial charge in [0.1, 0.15) is 5.75 Å². The Morgan fingerprint density at radius 3 is 2.84 bits per heavy atom. The molecule has 1 atom stereocenters. The fraction of sp³-hybridized carbons (Fsp3) is 0.407. The zero-order valence-electron chi connectivity index (χ0n) is 19.4. The second-order valence-electron chi connectivity index (χ2n) is 8.26. The van der Waals surface area contributed by atoms with Crippen LogP contribution < -0.4 is 10.1 Å². The summed E-state index contributed by atoms with van der Waals surface area (Å²) in [6, 6.07) is 10.5. The number of aromatic nitrogens is 1. The summed E-state index contributed by atoms with van der Waals surface area (Å²) in [4.78, 5) is 17.8. The van der Waals surface area contributed by atoms with E-state index in [1.807, 2.05) is 24.4 Å². The monoisotopic (exact) mass is 450 g/mol. The minimum Gasteiger partial charge on any atom is -0.497 e. The van der Waals surface area contributed by atoms with Crippen molar-refractivity contribution in [1.29, 1.82) is 0 Å². The lowest BCUT2D eigenvalue weighted by Crippen LogP contribution is -2.31. The smallest absolute Gasteiger partial charge is 0.244 e. The summed E-state index contributed by atoms with van der Waals surface area (Å²) in [6.45, 7) is 4.29. The van der Waals surface area contributed by atoms with E-state index in [4.69, 9.17) is 4.74 Å². The van der Waals surface area contributed by atoms with Crippen LogP contribution in [0, 0.1) is 0 Å². The van der Waals surface area contributed by atoms with Gasteiger partial charge in [-0.15, -0.1) is 11.3 Å². The third-order valence-corrected chi connectivity index (χ3v) is 6.82. The van der Waals surface area contributed by atoms with Crippen LogP contribution in [0.5, 0.6) is 5.75 Å². The summed E-state index contributed by atoms with van der Waals surface area (Å²) in [5.74, 6) is 0.834. The molecule has 0 unspecified atom stereocenters. The average Bonchev–Trinajstić information content (AvgIpc) is 3.15. The summed E-state index contributed by atoms with van der Waals surface area (Å²) in [5, 5.41) is 4.38. The van der Waals surface area contributed by atoms with Gasteiger partial charge in [0.15, 0.2) is 0 Å². The van der Waals surface area contributed by atoms with E-state index in [-0.39, 0.29) is 11.9 Å². The first-order chi connectivity index (χ1) is 15.6. The van der Waals surface area contributed by atoms with Crippen molar-refractivity contribution in [3.8, 4) is 5.75 Å². The number of carbonyl (C=O) groups excluding carboxylic acids is 1. The molecule has 0 aliphatic rings. The first-order valence-electron chi connectivity index (χ1n) is 11.6. The van der Waals surface area contributed by atoms with Gasteiger partial charge in [0.25, 0.3) is 0 Å². The highest BCUT2D eigenvalue weighted by molar-refractivity contribution is 7.20. The predicted molar refractivity (Wildman–Crippen MR) is 135 cm³/mol. The molecule has 0 saturated heterocycles. The Hall–Kier alpha value is -2.66. The molecule has 0 bridgehead atoms. The van der Waals surface area contributed by atoms with E-state index >= 15 is 0 Å². The highest BCUT2D eigenvalue weighted by Crippen LogP contribution is 2.35. The zero-order valence-corrected chi connectivity index (χ0v) is 20.2. The van der Waals surface area contributed by atoms with Gasteiger partial charge in [0, 0.05) is 34.1 Å². The van der Waals surface area contributed by atoms with Gasteiger partial charge in [0.05, 0.1) is 7.11 Å². The van der Waals surface area contributed by atoms with Gasteiger partial charge in [-0.05, 0) is 85.9 Å². The number of benzene rings is 1. The van der Waals surface area contributed by atoms with Crippen LogP contribution in [0.3, 0.4) is 0 Å². The van der Waals surface area contributed by atoms with Crippen LogP contribution in [0.25, 0.3) is 16.2 Å². The number of amides is 1. The maximum Gasteiger partial charge on any atom is 0.244 e. The molecule has 5 heteroatoms. The molecule has 1 N–H and O–H groups in total. The van der Waals surface area contributed by atoms with E-state index in [0.717, 1.165) is 37.9 Å². The molecule has 2 heterocycles.